The third-order valence-corrected chi connectivity index (χ3v) is 5.50. The van der Waals surface area contributed by atoms with E-state index in [2.05, 4.69) is 15.1 Å². The maximum atomic E-state index is 13.8. The highest BCUT2D eigenvalue weighted by atomic mass is 35.5. The van der Waals surface area contributed by atoms with Gasteiger partial charge in [-0.15, -0.1) is 12.4 Å². The summed E-state index contributed by atoms with van der Waals surface area (Å²) in [5.74, 6) is -0.250. The normalized spacial score (nSPS) is 21.2. The first-order valence-electron chi connectivity index (χ1n) is 7.50. The Morgan fingerprint density at radius 1 is 1.38 bits per heavy atom. The van der Waals surface area contributed by atoms with Gasteiger partial charge in [0.15, 0.2) is 0 Å². The van der Waals surface area contributed by atoms with Gasteiger partial charge in [0.1, 0.15) is 16.4 Å². The molecule has 1 aromatic heterocycles. The summed E-state index contributed by atoms with van der Waals surface area (Å²) in [7, 11) is -3.68. The van der Waals surface area contributed by atoms with Crippen molar-refractivity contribution >= 4 is 22.4 Å². The second kappa shape index (κ2) is 7.60. The molecule has 0 aliphatic carbocycles. The molecule has 1 aromatic carbocycles. The highest BCUT2D eigenvalue weighted by Gasteiger charge is 2.27. The lowest BCUT2D eigenvalue weighted by molar-refractivity contribution is 0.328. The standard InChI is InChI=1S/C15H19FN4O2S.ClH/c1-11-8-17-7-6-14(11)19-23(21,22)12-9-18-20(10-12)15-5-3-2-4-13(15)16;/h2-5,9-11,14,17,19H,6-8H2,1H3;1H. The Morgan fingerprint density at radius 2 is 2.12 bits per heavy atom. The van der Waals surface area contributed by atoms with Gasteiger partial charge >= 0.3 is 0 Å². The van der Waals surface area contributed by atoms with Crippen LogP contribution in [0.25, 0.3) is 5.69 Å². The number of aromatic nitrogens is 2. The Labute approximate surface area is 146 Å². The number of nitrogens with zero attached hydrogens (tertiary/aromatic N) is 2. The zero-order valence-electron chi connectivity index (χ0n) is 13.1. The van der Waals surface area contributed by atoms with E-state index in [1.165, 1.54) is 23.1 Å². The van der Waals surface area contributed by atoms with Crippen molar-refractivity contribution < 1.29 is 12.8 Å². The highest BCUT2D eigenvalue weighted by Crippen LogP contribution is 2.18. The molecule has 1 aliphatic rings. The fourth-order valence-corrected chi connectivity index (χ4v) is 3.98. The van der Waals surface area contributed by atoms with Crippen molar-refractivity contribution in [1.82, 2.24) is 19.8 Å². The van der Waals surface area contributed by atoms with Crippen molar-refractivity contribution in [2.24, 2.45) is 5.92 Å². The maximum absolute atomic E-state index is 13.8. The molecule has 2 aromatic rings. The van der Waals surface area contributed by atoms with Crippen LogP contribution in [0, 0.1) is 11.7 Å². The lowest BCUT2D eigenvalue weighted by Gasteiger charge is -2.29. The summed E-state index contributed by atoms with van der Waals surface area (Å²) in [6, 6.07) is 5.97. The molecule has 2 N–H and O–H groups in total. The number of nitrogens with one attached hydrogen (secondary N) is 2. The van der Waals surface area contributed by atoms with Crippen LogP contribution in [-0.4, -0.2) is 37.3 Å². The minimum atomic E-state index is -3.68. The molecule has 9 heteroatoms. The van der Waals surface area contributed by atoms with E-state index in [9.17, 15) is 12.8 Å². The van der Waals surface area contributed by atoms with E-state index in [-0.39, 0.29) is 34.9 Å². The molecule has 1 aliphatic heterocycles. The van der Waals surface area contributed by atoms with Crippen LogP contribution in [0.4, 0.5) is 4.39 Å². The molecule has 24 heavy (non-hydrogen) atoms. The van der Waals surface area contributed by atoms with Gasteiger partial charge in [-0.05, 0) is 37.6 Å². The van der Waals surface area contributed by atoms with E-state index in [0.717, 1.165) is 19.5 Å². The van der Waals surface area contributed by atoms with Crippen LogP contribution in [0.1, 0.15) is 13.3 Å². The predicted molar refractivity (Wildman–Crippen MR) is 91.5 cm³/mol. The zero-order valence-corrected chi connectivity index (χ0v) is 14.8. The first kappa shape index (κ1) is 18.9. The third-order valence-electron chi connectivity index (χ3n) is 4.06. The van der Waals surface area contributed by atoms with Crippen molar-refractivity contribution in [3.05, 3.63) is 42.5 Å². The SMILES string of the molecule is CC1CNCCC1NS(=O)(=O)c1cnn(-c2ccccc2F)c1.Cl. The van der Waals surface area contributed by atoms with Crippen LogP contribution in [0.15, 0.2) is 41.6 Å². The number of sulfonamides is 1. The molecule has 132 valence electrons. The number of benzene rings is 1. The second-order valence-corrected chi connectivity index (χ2v) is 7.48. The van der Waals surface area contributed by atoms with E-state index >= 15 is 0 Å². The lowest BCUT2D eigenvalue weighted by atomic mass is 9.97. The minimum Gasteiger partial charge on any atom is -0.316 e. The number of para-hydroxylation sites is 1. The summed E-state index contributed by atoms with van der Waals surface area (Å²) in [6.45, 7) is 3.57. The summed E-state index contributed by atoms with van der Waals surface area (Å²) in [5, 5.41) is 7.20. The van der Waals surface area contributed by atoms with E-state index < -0.39 is 15.8 Å². The largest absolute Gasteiger partial charge is 0.316 e. The van der Waals surface area contributed by atoms with Gasteiger partial charge in [0.05, 0.1) is 12.4 Å². The van der Waals surface area contributed by atoms with Crippen LogP contribution >= 0.6 is 12.4 Å². The summed E-state index contributed by atoms with van der Waals surface area (Å²) in [4.78, 5) is 0.0338. The van der Waals surface area contributed by atoms with E-state index in [1.807, 2.05) is 6.92 Å². The van der Waals surface area contributed by atoms with Crippen molar-refractivity contribution in [1.29, 1.82) is 0 Å². The second-order valence-electron chi connectivity index (χ2n) is 5.77. The Morgan fingerprint density at radius 3 is 2.83 bits per heavy atom. The molecule has 0 radical (unpaired) electrons. The van der Waals surface area contributed by atoms with Crippen molar-refractivity contribution in [2.45, 2.75) is 24.3 Å². The van der Waals surface area contributed by atoms with Gasteiger partial charge in [0.2, 0.25) is 10.0 Å². The van der Waals surface area contributed by atoms with Gasteiger partial charge in [-0.25, -0.2) is 22.2 Å². The predicted octanol–water partition coefficient (Wildman–Crippen LogP) is 1.71. The molecule has 0 spiro atoms. The summed E-state index contributed by atoms with van der Waals surface area (Å²) >= 11 is 0. The molecule has 2 heterocycles. The van der Waals surface area contributed by atoms with Gasteiger partial charge < -0.3 is 5.32 Å². The van der Waals surface area contributed by atoms with Crippen molar-refractivity contribution in [3.63, 3.8) is 0 Å². The van der Waals surface area contributed by atoms with Gasteiger partial charge in [-0.2, -0.15) is 5.10 Å². The maximum Gasteiger partial charge on any atom is 0.243 e. The van der Waals surface area contributed by atoms with Crippen LogP contribution in [-0.2, 0) is 10.0 Å². The molecule has 6 nitrogen and oxygen atoms in total. The smallest absolute Gasteiger partial charge is 0.243 e. The minimum absolute atomic E-state index is 0. The molecular weight excluding hydrogens is 355 g/mol. The lowest BCUT2D eigenvalue weighted by Crippen LogP contribution is -2.48. The van der Waals surface area contributed by atoms with Crippen LogP contribution in [0.5, 0.6) is 0 Å². The zero-order chi connectivity index (χ0) is 16.4. The highest BCUT2D eigenvalue weighted by molar-refractivity contribution is 7.89. The van der Waals surface area contributed by atoms with Crippen LogP contribution < -0.4 is 10.0 Å². The Balaban J connectivity index is 0.00000208. The van der Waals surface area contributed by atoms with Crippen molar-refractivity contribution in [2.75, 3.05) is 13.1 Å². The number of hydrogen-bond acceptors (Lipinski definition) is 4. The van der Waals surface area contributed by atoms with Gasteiger partial charge in [-0.3, -0.25) is 0 Å². The molecule has 1 fully saturated rings. The monoisotopic (exact) mass is 374 g/mol. The fraction of sp³-hybridized carbons (Fsp3) is 0.400. The number of piperidine rings is 1. The molecule has 0 amide bonds. The van der Waals surface area contributed by atoms with E-state index in [0.29, 0.717) is 0 Å². The summed E-state index contributed by atoms with van der Waals surface area (Å²) in [6.07, 6.45) is 3.30. The number of hydrogen-bond donors (Lipinski definition) is 2. The quantitative estimate of drug-likeness (QED) is 0.854. The third kappa shape index (κ3) is 3.94. The van der Waals surface area contributed by atoms with E-state index in [1.54, 1.807) is 18.2 Å². The average molecular weight is 375 g/mol. The topological polar surface area (TPSA) is 76.0 Å². The number of halogens is 2. The molecule has 2 atom stereocenters. The molecular formula is C15H20ClFN4O2S. The first-order valence-corrected chi connectivity index (χ1v) is 8.98. The van der Waals surface area contributed by atoms with Gasteiger partial charge in [0, 0.05) is 6.04 Å². The average Bonchev–Trinajstić information content (AvgIpc) is 3.00. The van der Waals surface area contributed by atoms with Gasteiger partial charge in [0.25, 0.3) is 0 Å². The van der Waals surface area contributed by atoms with Crippen LogP contribution in [0.2, 0.25) is 0 Å². The summed E-state index contributed by atoms with van der Waals surface area (Å²) < 4.78 is 42.7. The molecule has 1 saturated heterocycles. The Hall–Kier alpha value is -1.48. The van der Waals surface area contributed by atoms with Gasteiger partial charge in [-0.1, -0.05) is 19.1 Å². The Bertz CT molecular complexity index is 796. The molecule has 3 rings (SSSR count). The molecule has 2 unspecified atom stereocenters. The van der Waals surface area contributed by atoms with E-state index in [4.69, 9.17) is 0 Å². The first-order chi connectivity index (χ1) is 11.0. The number of rotatable bonds is 4. The molecule has 0 bridgehead atoms. The summed E-state index contributed by atoms with van der Waals surface area (Å²) in [5.41, 5.74) is 0.212. The molecule has 0 saturated carbocycles. The van der Waals surface area contributed by atoms with Crippen LogP contribution in [0.3, 0.4) is 0 Å². The fourth-order valence-electron chi connectivity index (χ4n) is 2.67. The van der Waals surface area contributed by atoms with Crippen molar-refractivity contribution in [3.8, 4) is 5.69 Å². The Kier molecular flexibility index (Phi) is 5.97.